The molecule has 3 aromatic heterocycles. The molecule has 5 rings (SSSR count). The van der Waals surface area contributed by atoms with E-state index < -0.39 is 0 Å². The van der Waals surface area contributed by atoms with Crippen LogP contribution in [0.15, 0.2) is 65.1 Å². The lowest BCUT2D eigenvalue weighted by Crippen LogP contribution is -1.90. The van der Waals surface area contributed by atoms with Crippen LogP contribution in [0.4, 0.5) is 0 Å². The van der Waals surface area contributed by atoms with Crippen LogP contribution in [-0.2, 0) is 0 Å². The first-order valence-corrected chi connectivity index (χ1v) is 9.60. The fourth-order valence-electron chi connectivity index (χ4n) is 2.78. The lowest BCUT2D eigenvalue weighted by Gasteiger charge is -2.01. The van der Waals surface area contributed by atoms with E-state index in [0.29, 0.717) is 37.4 Å². The Balaban J connectivity index is 1.56. The van der Waals surface area contributed by atoms with E-state index in [9.17, 15) is 0 Å². The highest BCUT2D eigenvalue weighted by molar-refractivity contribution is 7.19. The number of benzene rings is 2. The Labute approximate surface area is 167 Å². The molecule has 0 N–H and O–H groups in total. The van der Waals surface area contributed by atoms with Gasteiger partial charge in [0.15, 0.2) is 16.6 Å². The van der Waals surface area contributed by atoms with E-state index in [-0.39, 0.29) is 0 Å². The summed E-state index contributed by atoms with van der Waals surface area (Å²) >= 11 is 13.8. The van der Waals surface area contributed by atoms with Crippen molar-refractivity contribution in [2.24, 2.45) is 0 Å². The number of fused-ring (bicyclic) bond motifs is 1. The molecule has 8 heteroatoms. The Bertz CT molecular complexity index is 1260. The highest BCUT2D eigenvalue weighted by Gasteiger charge is 2.18. The number of hydrogen-bond acceptors (Lipinski definition) is 5. The SMILES string of the molecule is Clc1cccc(-c2ccc(-c3nn4c(-c5ccccc5)nnc4s3)o2)c1Cl. The minimum absolute atomic E-state index is 0.463. The van der Waals surface area contributed by atoms with E-state index in [0.717, 1.165) is 11.1 Å². The van der Waals surface area contributed by atoms with Crippen LogP contribution >= 0.6 is 34.5 Å². The summed E-state index contributed by atoms with van der Waals surface area (Å²) in [6.45, 7) is 0. The molecule has 2 aromatic carbocycles. The van der Waals surface area contributed by atoms with Crippen LogP contribution in [0, 0.1) is 0 Å². The predicted molar refractivity (Wildman–Crippen MR) is 107 cm³/mol. The van der Waals surface area contributed by atoms with Crippen molar-refractivity contribution in [2.75, 3.05) is 0 Å². The third kappa shape index (κ3) is 2.82. The van der Waals surface area contributed by atoms with Crippen molar-refractivity contribution in [2.45, 2.75) is 0 Å². The molecule has 0 aliphatic heterocycles. The van der Waals surface area contributed by atoms with Gasteiger partial charge >= 0.3 is 0 Å². The highest BCUT2D eigenvalue weighted by atomic mass is 35.5. The van der Waals surface area contributed by atoms with E-state index in [4.69, 9.17) is 27.6 Å². The standard InChI is InChI=1S/C19H10Cl2N4OS/c20-13-8-4-7-12(16(13)21)14-9-10-15(26-14)18-24-25-17(22-23-19(25)27-18)11-5-2-1-3-6-11/h1-10H. The highest BCUT2D eigenvalue weighted by Crippen LogP contribution is 2.37. The van der Waals surface area contributed by atoms with Crippen LogP contribution < -0.4 is 0 Å². The Hall–Kier alpha value is -2.67. The molecule has 0 fully saturated rings. The van der Waals surface area contributed by atoms with Gasteiger partial charge in [0.05, 0.1) is 10.0 Å². The van der Waals surface area contributed by atoms with Gasteiger partial charge in [0, 0.05) is 11.1 Å². The summed E-state index contributed by atoms with van der Waals surface area (Å²) in [5, 5.41) is 14.7. The van der Waals surface area contributed by atoms with Crippen molar-refractivity contribution in [1.29, 1.82) is 0 Å². The van der Waals surface area contributed by atoms with Crippen LogP contribution in [0.5, 0.6) is 0 Å². The maximum absolute atomic E-state index is 6.29. The number of nitrogens with zero attached hydrogens (tertiary/aromatic N) is 4. The topological polar surface area (TPSA) is 56.2 Å². The van der Waals surface area contributed by atoms with Gasteiger partial charge in [0.2, 0.25) is 4.96 Å². The molecule has 0 bridgehead atoms. The molecule has 0 unspecified atom stereocenters. The normalized spacial score (nSPS) is 11.3. The molecule has 0 saturated heterocycles. The molecule has 0 aliphatic rings. The number of aromatic nitrogens is 4. The van der Waals surface area contributed by atoms with Crippen molar-refractivity contribution in [3.63, 3.8) is 0 Å². The van der Waals surface area contributed by atoms with Gasteiger partial charge in [-0.15, -0.1) is 15.3 Å². The summed E-state index contributed by atoms with van der Waals surface area (Å²) < 4.78 is 7.71. The van der Waals surface area contributed by atoms with Gasteiger partial charge in [-0.1, -0.05) is 70.9 Å². The van der Waals surface area contributed by atoms with Crippen LogP contribution in [0.25, 0.3) is 38.4 Å². The van der Waals surface area contributed by atoms with Gasteiger partial charge < -0.3 is 4.42 Å². The second kappa shape index (κ2) is 6.49. The van der Waals surface area contributed by atoms with Crippen LogP contribution in [0.3, 0.4) is 0 Å². The molecule has 0 spiro atoms. The zero-order valence-corrected chi connectivity index (χ0v) is 16.0. The second-order valence-electron chi connectivity index (χ2n) is 5.76. The van der Waals surface area contributed by atoms with Crippen molar-refractivity contribution in [1.82, 2.24) is 19.8 Å². The van der Waals surface area contributed by atoms with Crippen molar-refractivity contribution in [3.8, 4) is 33.5 Å². The molecule has 27 heavy (non-hydrogen) atoms. The minimum Gasteiger partial charge on any atom is -0.453 e. The summed E-state index contributed by atoms with van der Waals surface area (Å²) in [5.74, 6) is 1.96. The zero-order chi connectivity index (χ0) is 18.4. The smallest absolute Gasteiger partial charge is 0.235 e. The number of rotatable bonds is 3. The van der Waals surface area contributed by atoms with E-state index in [1.165, 1.54) is 11.3 Å². The lowest BCUT2D eigenvalue weighted by atomic mass is 10.2. The maximum atomic E-state index is 6.29. The number of hydrogen-bond donors (Lipinski definition) is 0. The number of furan rings is 1. The fraction of sp³-hybridized carbons (Fsp3) is 0. The van der Waals surface area contributed by atoms with Crippen molar-refractivity contribution >= 4 is 39.5 Å². The Morgan fingerprint density at radius 1 is 0.852 bits per heavy atom. The van der Waals surface area contributed by atoms with Gasteiger partial charge in [-0.2, -0.15) is 4.52 Å². The molecule has 0 atom stereocenters. The van der Waals surface area contributed by atoms with E-state index in [1.807, 2.05) is 54.6 Å². The summed E-state index contributed by atoms with van der Waals surface area (Å²) in [6.07, 6.45) is 0. The molecular formula is C19H10Cl2N4OS. The lowest BCUT2D eigenvalue weighted by molar-refractivity contribution is 0.595. The van der Waals surface area contributed by atoms with E-state index in [2.05, 4.69) is 15.3 Å². The zero-order valence-electron chi connectivity index (χ0n) is 13.6. The third-order valence-electron chi connectivity index (χ3n) is 4.06. The summed E-state index contributed by atoms with van der Waals surface area (Å²) in [5.41, 5.74) is 1.69. The average molecular weight is 413 g/mol. The third-order valence-corrected chi connectivity index (χ3v) is 5.79. The minimum atomic E-state index is 0.463. The molecular weight excluding hydrogens is 403 g/mol. The van der Waals surface area contributed by atoms with Crippen LogP contribution in [0.2, 0.25) is 10.0 Å². The van der Waals surface area contributed by atoms with Gasteiger partial charge in [-0.3, -0.25) is 0 Å². The summed E-state index contributed by atoms with van der Waals surface area (Å²) in [7, 11) is 0. The fourth-order valence-corrected chi connectivity index (χ4v) is 3.97. The van der Waals surface area contributed by atoms with Gasteiger partial charge in [-0.05, 0) is 24.3 Å². The number of halogens is 2. The maximum Gasteiger partial charge on any atom is 0.235 e. The van der Waals surface area contributed by atoms with Crippen molar-refractivity contribution in [3.05, 3.63) is 70.7 Å². The monoisotopic (exact) mass is 412 g/mol. The summed E-state index contributed by atoms with van der Waals surface area (Å²) in [4.78, 5) is 0.697. The van der Waals surface area contributed by atoms with Crippen LogP contribution in [0.1, 0.15) is 0 Å². The largest absolute Gasteiger partial charge is 0.453 e. The van der Waals surface area contributed by atoms with Crippen molar-refractivity contribution < 1.29 is 4.42 Å². The quantitative estimate of drug-likeness (QED) is 0.359. The Morgan fingerprint density at radius 2 is 1.67 bits per heavy atom. The molecule has 0 radical (unpaired) electrons. The molecule has 0 amide bonds. The Morgan fingerprint density at radius 3 is 2.52 bits per heavy atom. The first-order valence-electron chi connectivity index (χ1n) is 8.03. The van der Waals surface area contributed by atoms with E-state index >= 15 is 0 Å². The predicted octanol–water partition coefficient (Wildman–Crippen LogP) is 6.09. The molecule has 3 heterocycles. The van der Waals surface area contributed by atoms with Gasteiger partial charge in [0.1, 0.15) is 5.76 Å². The first kappa shape index (κ1) is 16.5. The molecule has 132 valence electrons. The molecule has 0 aliphatic carbocycles. The second-order valence-corrected chi connectivity index (χ2v) is 7.50. The molecule has 5 nitrogen and oxygen atoms in total. The Kier molecular flexibility index (Phi) is 3.97. The molecule has 5 aromatic rings. The molecule has 0 saturated carbocycles. The van der Waals surface area contributed by atoms with Crippen LogP contribution in [-0.4, -0.2) is 19.8 Å². The van der Waals surface area contributed by atoms with E-state index in [1.54, 1.807) is 10.6 Å². The summed E-state index contributed by atoms with van der Waals surface area (Å²) in [6, 6.07) is 19.0. The van der Waals surface area contributed by atoms with Gasteiger partial charge in [-0.25, -0.2) is 0 Å². The van der Waals surface area contributed by atoms with Gasteiger partial charge in [0.25, 0.3) is 0 Å². The first-order chi connectivity index (χ1) is 13.2. The average Bonchev–Trinajstić information content (AvgIpc) is 3.39.